The SMILES string of the molecule is CNC(=O)c1cccc(Nc2nsnc2NCC2=Cc3cc(C)ccc3C2)c1C#N. The zero-order chi connectivity index (χ0) is 21.1. The van der Waals surface area contributed by atoms with E-state index in [1.165, 1.54) is 29.3 Å². The monoisotopic (exact) mass is 416 g/mol. The fraction of sp³-hybridized carbons (Fsp3) is 0.182. The maximum atomic E-state index is 12.0. The smallest absolute Gasteiger partial charge is 0.252 e. The number of fused-ring (bicyclic) bond motifs is 1. The molecule has 4 rings (SSSR count). The average Bonchev–Trinajstić information content (AvgIpc) is 3.37. The number of rotatable bonds is 6. The van der Waals surface area contributed by atoms with E-state index in [-0.39, 0.29) is 11.5 Å². The van der Waals surface area contributed by atoms with Gasteiger partial charge in [-0.25, -0.2) is 0 Å². The van der Waals surface area contributed by atoms with Crippen molar-refractivity contribution in [2.24, 2.45) is 0 Å². The zero-order valence-corrected chi connectivity index (χ0v) is 17.4. The van der Waals surface area contributed by atoms with Crippen LogP contribution in [0.1, 0.15) is 32.6 Å². The van der Waals surface area contributed by atoms with Crippen LogP contribution in [0.2, 0.25) is 0 Å². The molecule has 1 aliphatic rings. The molecular formula is C22H20N6OS. The van der Waals surface area contributed by atoms with E-state index in [1.807, 2.05) is 0 Å². The van der Waals surface area contributed by atoms with Crippen LogP contribution in [-0.4, -0.2) is 28.2 Å². The van der Waals surface area contributed by atoms with E-state index in [4.69, 9.17) is 0 Å². The molecular weight excluding hydrogens is 396 g/mol. The van der Waals surface area contributed by atoms with Crippen molar-refractivity contribution in [2.75, 3.05) is 24.2 Å². The van der Waals surface area contributed by atoms with E-state index in [0.29, 0.717) is 29.4 Å². The van der Waals surface area contributed by atoms with Gasteiger partial charge in [-0.3, -0.25) is 4.79 Å². The third-order valence-corrected chi connectivity index (χ3v) is 5.48. The van der Waals surface area contributed by atoms with Gasteiger partial charge in [0.05, 0.1) is 28.5 Å². The molecule has 3 aromatic rings. The van der Waals surface area contributed by atoms with Gasteiger partial charge < -0.3 is 16.0 Å². The predicted molar refractivity (Wildman–Crippen MR) is 119 cm³/mol. The van der Waals surface area contributed by atoms with E-state index < -0.39 is 0 Å². The first-order valence-electron chi connectivity index (χ1n) is 9.46. The molecule has 0 unspecified atom stereocenters. The third kappa shape index (κ3) is 3.88. The van der Waals surface area contributed by atoms with E-state index in [2.05, 4.69) is 62.0 Å². The number of anilines is 3. The molecule has 0 aliphatic heterocycles. The Hall–Kier alpha value is -3.70. The third-order valence-electron chi connectivity index (χ3n) is 4.95. The number of nitriles is 1. The Morgan fingerprint density at radius 3 is 2.87 bits per heavy atom. The van der Waals surface area contributed by atoms with Gasteiger partial charge >= 0.3 is 0 Å². The second kappa shape index (κ2) is 8.35. The number of amides is 1. The molecule has 0 bridgehead atoms. The van der Waals surface area contributed by atoms with Crippen molar-refractivity contribution in [3.63, 3.8) is 0 Å². The maximum absolute atomic E-state index is 12.0. The van der Waals surface area contributed by atoms with Crippen LogP contribution in [0.3, 0.4) is 0 Å². The second-order valence-corrected chi connectivity index (χ2v) is 7.57. The van der Waals surface area contributed by atoms with E-state index in [1.54, 1.807) is 18.2 Å². The molecule has 30 heavy (non-hydrogen) atoms. The van der Waals surface area contributed by atoms with E-state index >= 15 is 0 Å². The molecule has 8 heteroatoms. The molecule has 150 valence electrons. The minimum Gasteiger partial charge on any atom is -0.362 e. The molecule has 1 amide bonds. The summed E-state index contributed by atoms with van der Waals surface area (Å²) in [5.74, 6) is 0.827. The molecule has 2 aromatic carbocycles. The van der Waals surface area contributed by atoms with Gasteiger partial charge in [0, 0.05) is 13.6 Å². The summed E-state index contributed by atoms with van der Waals surface area (Å²) in [5, 5.41) is 18.6. The van der Waals surface area contributed by atoms with Gasteiger partial charge in [-0.1, -0.05) is 35.9 Å². The van der Waals surface area contributed by atoms with Crippen LogP contribution in [0.5, 0.6) is 0 Å². The summed E-state index contributed by atoms with van der Waals surface area (Å²) in [7, 11) is 1.53. The Kier molecular flexibility index (Phi) is 5.46. The Bertz CT molecular complexity index is 1190. The minimum atomic E-state index is -0.312. The fourth-order valence-electron chi connectivity index (χ4n) is 3.45. The first kappa shape index (κ1) is 19.6. The molecule has 0 saturated carbocycles. The summed E-state index contributed by atoms with van der Waals surface area (Å²) < 4.78 is 8.64. The largest absolute Gasteiger partial charge is 0.362 e. The van der Waals surface area contributed by atoms with Crippen molar-refractivity contribution in [2.45, 2.75) is 13.3 Å². The number of carbonyl (C=O) groups excluding carboxylic acids is 1. The van der Waals surface area contributed by atoms with E-state index in [9.17, 15) is 10.1 Å². The van der Waals surface area contributed by atoms with Gasteiger partial charge in [-0.05, 0) is 42.2 Å². The highest BCUT2D eigenvalue weighted by Crippen LogP contribution is 2.29. The lowest BCUT2D eigenvalue weighted by atomic mass is 10.1. The molecule has 7 nitrogen and oxygen atoms in total. The molecule has 0 radical (unpaired) electrons. The summed E-state index contributed by atoms with van der Waals surface area (Å²) in [4.78, 5) is 12.0. The van der Waals surface area contributed by atoms with Crippen molar-refractivity contribution in [1.82, 2.24) is 14.1 Å². The zero-order valence-electron chi connectivity index (χ0n) is 16.6. The van der Waals surface area contributed by atoms with Crippen LogP contribution in [-0.2, 0) is 6.42 Å². The number of aromatic nitrogens is 2. The summed E-state index contributed by atoms with van der Waals surface area (Å²) in [6, 6.07) is 13.7. The Balaban J connectivity index is 1.50. The normalized spacial score (nSPS) is 12.0. The van der Waals surface area contributed by atoms with Crippen molar-refractivity contribution < 1.29 is 4.79 Å². The maximum Gasteiger partial charge on any atom is 0.252 e. The van der Waals surface area contributed by atoms with Gasteiger partial charge in [0.15, 0.2) is 11.6 Å². The van der Waals surface area contributed by atoms with Crippen molar-refractivity contribution in [3.05, 3.63) is 69.8 Å². The highest BCUT2D eigenvalue weighted by molar-refractivity contribution is 6.99. The molecule has 0 atom stereocenters. The lowest BCUT2D eigenvalue weighted by Crippen LogP contribution is -2.19. The number of benzene rings is 2. The number of nitrogens with zero attached hydrogens (tertiary/aromatic N) is 3. The first-order chi connectivity index (χ1) is 14.6. The molecule has 1 heterocycles. The molecule has 0 fully saturated rings. The molecule has 0 spiro atoms. The van der Waals surface area contributed by atoms with Crippen LogP contribution < -0.4 is 16.0 Å². The summed E-state index contributed by atoms with van der Waals surface area (Å²) in [6.07, 6.45) is 3.12. The number of hydrogen-bond acceptors (Lipinski definition) is 7. The second-order valence-electron chi connectivity index (χ2n) is 7.04. The Morgan fingerprint density at radius 1 is 1.23 bits per heavy atom. The van der Waals surface area contributed by atoms with Gasteiger partial charge in [-0.2, -0.15) is 14.0 Å². The van der Waals surface area contributed by atoms with Gasteiger partial charge in [0.2, 0.25) is 0 Å². The van der Waals surface area contributed by atoms with E-state index in [0.717, 1.165) is 18.1 Å². The quantitative estimate of drug-likeness (QED) is 0.564. The molecule has 3 N–H and O–H groups in total. The van der Waals surface area contributed by atoms with Gasteiger partial charge in [-0.15, -0.1) is 0 Å². The van der Waals surface area contributed by atoms with Gasteiger partial charge in [0.25, 0.3) is 5.91 Å². The summed E-state index contributed by atoms with van der Waals surface area (Å²) in [6.45, 7) is 2.75. The van der Waals surface area contributed by atoms with Crippen LogP contribution in [0.15, 0.2) is 42.0 Å². The highest BCUT2D eigenvalue weighted by Gasteiger charge is 2.17. The summed E-state index contributed by atoms with van der Waals surface area (Å²) >= 11 is 1.08. The van der Waals surface area contributed by atoms with Crippen molar-refractivity contribution >= 4 is 41.0 Å². The number of hydrogen-bond donors (Lipinski definition) is 3. The fourth-order valence-corrected chi connectivity index (χ4v) is 3.94. The highest BCUT2D eigenvalue weighted by atomic mass is 32.1. The van der Waals surface area contributed by atoms with Crippen LogP contribution in [0.4, 0.5) is 17.3 Å². The lowest BCUT2D eigenvalue weighted by Gasteiger charge is -2.11. The Morgan fingerprint density at radius 2 is 2.07 bits per heavy atom. The molecule has 0 saturated heterocycles. The van der Waals surface area contributed by atoms with Crippen molar-refractivity contribution in [1.29, 1.82) is 5.26 Å². The molecule has 1 aliphatic carbocycles. The number of aryl methyl sites for hydroxylation is 1. The first-order valence-corrected chi connectivity index (χ1v) is 10.2. The topological polar surface area (TPSA) is 103 Å². The van der Waals surface area contributed by atoms with Crippen LogP contribution in [0.25, 0.3) is 6.08 Å². The van der Waals surface area contributed by atoms with Gasteiger partial charge in [0.1, 0.15) is 6.07 Å². The average molecular weight is 417 g/mol. The lowest BCUT2D eigenvalue weighted by molar-refractivity contribution is 0.0963. The number of carbonyl (C=O) groups is 1. The van der Waals surface area contributed by atoms with Crippen molar-refractivity contribution in [3.8, 4) is 6.07 Å². The standard InChI is InChI=1S/C22H20N6OS/c1-13-6-7-15-9-14(10-16(15)8-13)12-25-20-21(28-30-27-20)26-19-5-3-4-17(18(19)11-23)22(29)24-2/h3-8,10H,9,12H2,1-2H3,(H,24,29)(H,25,27)(H,26,28). The molecule has 1 aromatic heterocycles. The summed E-state index contributed by atoms with van der Waals surface area (Å²) in [5.41, 5.74) is 6.21. The minimum absolute atomic E-state index is 0.264. The van der Waals surface area contributed by atoms with Crippen LogP contribution in [0, 0.1) is 18.3 Å². The van der Waals surface area contributed by atoms with Crippen LogP contribution >= 0.6 is 11.7 Å². The number of nitrogens with one attached hydrogen (secondary N) is 3. The Labute approximate surface area is 178 Å². The predicted octanol–water partition coefficient (Wildman–Crippen LogP) is 3.87.